The first-order valence-electron chi connectivity index (χ1n) is 7.26. The summed E-state index contributed by atoms with van der Waals surface area (Å²) in [5.41, 5.74) is 1.80. The van der Waals surface area contributed by atoms with Crippen molar-refractivity contribution in [3.8, 4) is 11.4 Å². The zero-order valence-corrected chi connectivity index (χ0v) is 12.6. The quantitative estimate of drug-likeness (QED) is 0.865. The minimum absolute atomic E-state index is 0.135. The molecule has 128 valence electrons. The van der Waals surface area contributed by atoms with Gasteiger partial charge in [-0.1, -0.05) is 35.0 Å². The van der Waals surface area contributed by atoms with E-state index in [1.807, 2.05) is 31.2 Å². The maximum atomic E-state index is 12.3. The Balaban J connectivity index is 1.76. The lowest BCUT2D eigenvalue weighted by atomic mass is 10.1. The molecular formula is C15H14F3N3O3. The van der Waals surface area contributed by atoms with E-state index in [-0.39, 0.29) is 5.89 Å². The van der Waals surface area contributed by atoms with E-state index in [9.17, 15) is 18.0 Å². The molecule has 3 rings (SSSR count). The number of esters is 1. The van der Waals surface area contributed by atoms with Crippen molar-refractivity contribution in [1.29, 1.82) is 0 Å². The average molecular weight is 341 g/mol. The van der Waals surface area contributed by atoms with Crippen molar-refractivity contribution in [3.05, 3.63) is 35.7 Å². The number of halogens is 3. The standard InChI is InChI=1S/C15H14F3N3O3/c1-8-2-4-9(5-3-8)11-20-13(24-21-11)10-6-7-19-12(10)23-14(22)15(16,17)18/h2-5,10,12,19H,6-7H2,1H3/t10-,12?/m0/s1. The second kappa shape index (κ2) is 6.23. The summed E-state index contributed by atoms with van der Waals surface area (Å²) in [4.78, 5) is 15.2. The smallest absolute Gasteiger partial charge is 0.439 e. The molecule has 6 nitrogen and oxygen atoms in total. The Labute approximate surface area is 135 Å². The molecule has 0 spiro atoms. The topological polar surface area (TPSA) is 77.3 Å². The van der Waals surface area contributed by atoms with Gasteiger partial charge in [-0.05, 0) is 19.9 Å². The molecule has 2 heterocycles. The molecular weight excluding hydrogens is 327 g/mol. The van der Waals surface area contributed by atoms with Crippen molar-refractivity contribution in [1.82, 2.24) is 15.5 Å². The van der Waals surface area contributed by atoms with Crippen LogP contribution in [0.2, 0.25) is 0 Å². The number of nitrogens with zero attached hydrogens (tertiary/aromatic N) is 2. The van der Waals surface area contributed by atoms with E-state index >= 15 is 0 Å². The SMILES string of the molecule is Cc1ccc(-c2noc([C@H]3CCNC3OC(=O)C(F)(F)F)n2)cc1. The van der Waals surface area contributed by atoms with Gasteiger partial charge in [0.1, 0.15) is 0 Å². The van der Waals surface area contributed by atoms with Crippen molar-refractivity contribution in [2.45, 2.75) is 31.7 Å². The Morgan fingerprint density at radius 1 is 1.33 bits per heavy atom. The molecule has 1 saturated heterocycles. The highest BCUT2D eigenvalue weighted by Crippen LogP contribution is 2.30. The molecule has 1 aliphatic heterocycles. The van der Waals surface area contributed by atoms with Crippen molar-refractivity contribution in [3.63, 3.8) is 0 Å². The minimum atomic E-state index is -5.04. The Morgan fingerprint density at radius 2 is 2.04 bits per heavy atom. The molecule has 2 atom stereocenters. The Kier molecular flexibility index (Phi) is 4.27. The van der Waals surface area contributed by atoms with E-state index in [1.165, 1.54) is 0 Å². The molecule has 0 saturated carbocycles. The Morgan fingerprint density at radius 3 is 2.71 bits per heavy atom. The summed E-state index contributed by atoms with van der Waals surface area (Å²) in [6.45, 7) is 2.32. The van der Waals surface area contributed by atoms with Gasteiger partial charge in [0.05, 0.1) is 5.92 Å². The number of hydrogen-bond acceptors (Lipinski definition) is 6. The highest BCUT2D eigenvalue weighted by atomic mass is 19.4. The third kappa shape index (κ3) is 3.40. The van der Waals surface area contributed by atoms with Crippen LogP contribution in [0.3, 0.4) is 0 Å². The van der Waals surface area contributed by atoms with Gasteiger partial charge in [0.15, 0.2) is 6.23 Å². The third-order valence-electron chi connectivity index (χ3n) is 3.70. The normalized spacial score (nSPS) is 21.0. The van der Waals surface area contributed by atoms with E-state index in [0.717, 1.165) is 11.1 Å². The van der Waals surface area contributed by atoms with Gasteiger partial charge in [-0.25, -0.2) is 4.79 Å². The van der Waals surface area contributed by atoms with Crippen molar-refractivity contribution in [2.24, 2.45) is 0 Å². The van der Waals surface area contributed by atoms with Crippen LogP contribution in [0, 0.1) is 6.92 Å². The number of hydrogen-bond donors (Lipinski definition) is 1. The van der Waals surface area contributed by atoms with Crippen LogP contribution in [-0.4, -0.2) is 35.1 Å². The number of ether oxygens (including phenoxy) is 1. The van der Waals surface area contributed by atoms with Gasteiger partial charge < -0.3 is 9.26 Å². The summed E-state index contributed by atoms with van der Waals surface area (Å²) < 4.78 is 46.6. The van der Waals surface area contributed by atoms with E-state index in [0.29, 0.717) is 18.8 Å². The van der Waals surface area contributed by atoms with E-state index in [4.69, 9.17) is 4.52 Å². The minimum Gasteiger partial charge on any atom is -0.439 e. The predicted octanol–water partition coefficient (Wildman–Crippen LogP) is 2.55. The maximum Gasteiger partial charge on any atom is 0.490 e. The lowest BCUT2D eigenvalue weighted by Gasteiger charge is -2.17. The van der Waals surface area contributed by atoms with E-state index < -0.39 is 24.3 Å². The van der Waals surface area contributed by atoms with Crippen molar-refractivity contribution >= 4 is 5.97 Å². The molecule has 1 aliphatic rings. The highest BCUT2D eigenvalue weighted by molar-refractivity contribution is 5.75. The number of carbonyl (C=O) groups is 1. The molecule has 0 bridgehead atoms. The molecule has 1 fully saturated rings. The van der Waals surface area contributed by atoms with Gasteiger partial charge >= 0.3 is 12.1 Å². The van der Waals surface area contributed by atoms with Crippen LogP contribution in [0.4, 0.5) is 13.2 Å². The van der Waals surface area contributed by atoms with E-state index in [1.54, 1.807) is 0 Å². The molecule has 2 aromatic rings. The fourth-order valence-electron chi connectivity index (χ4n) is 2.44. The monoisotopic (exact) mass is 341 g/mol. The summed E-state index contributed by atoms with van der Waals surface area (Å²) in [5, 5.41) is 6.54. The molecule has 1 unspecified atom stereocenters. The number of rotatable bonds is 3. The maximum absolute atomic E-state index is 12.3. The van der Waals surface area contributed by atoms with E-state index in [2.05, 4.69) is 20.2 Å². The lowest BCUT2D eigenvalue weighted by molar-refractivity contribution is -0.206. The molecule has 1 N–H and O–H groups in total. The van der Waals surface area contributed by atoms with Crippen LogP contribution in [0.15, 0.2) is 28.8 Å². The number of carbonyl (C=O) groups excluding carboxylic acids is 1. The third-order valence-corrected chi connectivity index (χ3v) is 3.70. The van der Waals surface area contributed by atoms with Crippen LogP contribution < -0.4 is 5.32 Å². The van der Waals surface area contributed by atoms with Gasteiger partial charge in [0, 0.05) is 5.56 Å². The Hall–Kier alpha value is -2.42. The zero-order valence-electron chi connectivity index (χ0n) is 12.6. The summed E-state index contributed by atoms with van der Waals surface area (Å²) in [5.74, 6) is -2.40. The van der Waals surface area contributed by atoms with Gasteiger partial charge in [-0.15, -0.1) is 0 Å². The second-order valence-electron chi connectivity index (χ2n) is 5.50. The summed E-state index contributed by atoms with van der Waals surface area (Å²) in [6.07, 6.45) is -5.77. The van der Waals surface area contributed by atoms with Crippen molar-refractivity contribution in [2.75, 3.05) is 6.54 Å². The number of alkyl halides is 3. The lowest BCUT2D eigenvalue weighted by Crippen LogP contribution is -2.37. The first-order valence-corrected chi connectivity index (χ1v) is 7.26. The first kappa shape index (κ1) is 16.4. The fraction of sp³-hybridized carbons (Fsp3) is 0.400. The largest absolute Gasteiger partial charge is 0.490 e. The molecule has 0 amide bonds. The Bertz CT molecular complexity index is 728. The van der Waals surface area contributed by atoms with Gasteiger partial charge in [0.25, 0.3) is 0 Å². The molecule has 24 heavy (non-hydrogen) atoms. The molecule has 9 heteroatoms. The van der Waals surface area contributed by atoms with Crippen LogP contribution in [-0.2, 0) is 9.53 Å². The number of benzene rings is 1. The first-order chi connectivity index (χ1) is 11.3. The second-order valence-corrected chi connectivity index (χ2v) is 5.50. The average Bonchev–Trinajstić information content (AvgIpc) is 3.15. The van der Waals surface area contributed by atoms with Crippen molar-refractivity contribution < 1.29 is 27.2 Å². The van der Waals surface area contributed by atoms with Gasteiger partial charge in [-0.3, -0.25) is 5.32 Å². The molecule has 1 aromatic heterocycles. The molecule has 0 radical (unpaired) electrons. The van der Waals surface area contributed by atoms with Crippen LogP contribution in [0.25, 0.3) is 11.4 Å². The molecule has 0 aliphatic carbocycles. The summed E-state index contributed by atoms with van der Waals surface area (Å²) in [7, 11) is 0. The number of aryl methyl sites for hydroxylation is 1. The predicted molar refractivity (Wildman–Crippen MR) is 75.8 cm³/mol. The highest BCUT2D eigenvalue weighted by Gasteiger charge is 2.45. The molecule has 1 aromatic carbocycles. The fourth-order valence-corrected chi connectivity index (χ4v) is 2.44. The van der Waals surface area contributed by atoms with Gasteiger partial charge in [-0.2, -0.15) is 18.2 Å². The summed E-state index contributed by atoms with van der Waals surface area (Å²) in [6, 6.07) is 7.41. The van der Waals surface area contributed by atoms with Crippen LogP contribution in [0.1, 0.15) is 23.8 Å². The number of nitrogens with one attached hydrogen (secondary N) is 1. The van der Waals surface area contributed by atoms with Crippen LogP contribution >= 0.6 is 0 Å². The number of aromatic nitrogens is 2. The zero-order chi connectivity index (χ0) is 17.3. The van der Waals surface area contributed by atoms with Crippen LogP contribution in [0.5, 0.6) is 0 Å². The van der Waals surface area contributed by atoms with Gasteiger partial charge in [0.2, 0.25) is 11.7 Å². The summed E-state index contributed by atoms with van der Waals surface area (Å²) >= 11 is 0.